The van der Waals surface area contributed by atoms with Crippen LogP contribution >= 0.6 is 0 Å². The van der Waals surface area contributed by atoms with E-state index in [1.165, 1.54) is 6.07 Å². The highest BCUT2D eigenvalue weighted by Crippen LogP contribution is 2.13. The van der Waals surface area contributed by atoms with Crippen LogP contribution in [0.3, 0.4) is 0 Å². The molecule has 1 aromatic rings. The van der Waals surface area contributed by atoms with E-state index in [1.807, 2.05) is 0 Å². The van der Waals surface area contributed by atoms with Crippen LogP contribution in [0.2, 0.25) is 0 Å². The second-order valence-corrected chi connectivity index (χ2v) is 4.61. The summed E-state index contributed by atoms with van der Waals surface area (Å²) in [5.41, 5.74) is -1.02. The Morgan fingerprint density at radius 2 is 1.94 bits per heavy atom. The Hall–Kier alpha value is -1.40. The van der Waals surface area contributed by atoms with Crippen LogP contribution in [0, 0.1) is 5.82 Å². The lowest BCUT2D eigenvalue weighted by Crippen LogP contribution is -2.32. The molecule has 0 spiro atoms. The fourth-order valence-electron chi connectivity index (χ4n) is 1.19. The van der Waals surface area contributed by atoms with Crippen LogP contribution in [0.1, 0.15) is 31.1 Å². The summed E-state index contributed by atoms with van der Waals surface area (Å²) in [4.78, 5) is 11.6. The number of halogens is 1. The van der Waals surface area contributed by atoms with Gasteiger partial charge in [-0.1, -0.05) is 6.07 Å². The summed E-state index contributed by atoms with van der Waals surface area (Å²) in [6.07, 6.45) is 0. The van der Waals surface area contributed by atoms with E-state index in [-0.39, 0.29) is 11.0 Å². The molecule has 0 aliphatic heterocycles. The summed E-state index contributed by atoms with van der Waals surface area (Å²) in [6, 6.07) is 3.25. The first-order valence-corrected chi connectivity index (χ1v) is 5.09. The topological polar surface area (TPSA) is 66.8 Å². The van der Waals surface area contributed by atoms with E-state index in [1.54, 1.807) is 20.8 Å². The van der Waals surface area contributed by atoms with Gasteiger partial charge >= 0.3 is 13.1 Å². The SMILES string of the molecule is CC(C)(C)OC(=O)c1cc(B(O)O)ccc1F. The van der Waals surface area contributed by atoms with Crippen LogP contribution in [0.5, 0.6) is 0 Å². The van der Waals surface area contributed by atoms with E-state index >= 15 is 0 Å². The average molecular weight is 240 g/mol. The van der Waals surface area contributed by atoms with Gasteiger partial charge in [-0.05, 0) is 38.4 Å². The van der Waals surface area contributed by atoms with Gasteiger partial charge in [-0.3, -0.25) is 0 Å². The number of esters is 1. The standard InChI is InChI=1S/C11H14BFO4/c1-11(2,3)17-10(14)8-6-7(12(15)16)4-5-9(8)13/h4-6,15-16H,1-3H3. The molecule has 0 aliphatic rings. The van der Waals surface area contributed by atoms with Gasteiger partial charge in [0.05, 0.1) is 5.56 Å². The van der Waals surface area contributed by atoms with Crippen LogP contribution in [-0.2, 0) is 4.74 Å². The summed E-state index contributed by atoms with van der Waals surface area (Å²) in [6.45, 7) is 4.98. The second-order valence-electron chi connectivity index (χ2n) is 4.61. The first kappa shape index (κ1) is 13.7. The van der Waals surface area contributed by atoms with Crippen molar-refractivity contribution < 1.29 is 24.0 Å². The predicted octanol–water partition coefficient (Wildman–Crippen LogP) is 0.461. The highest BCUT2D eigenvalue weighted by Gasteiger charge is 2.22. The molecule has 6 heteroatoms. The smallest absolute Gasteiger partial charge is 0.456 e. The zero-order chi connectivity index (χ0) is 13.2. The van der Waals surface area contributed by atoms with Gasteiger partial charge in [-0.2, -0.15) is 0 Å². The third-order valence-electron chi connectivity index (χ3n) is 1.91. The molecule has 0 radical (unpaired) electrons. The zero-order valence-electron chi connectivity index (χ0n) is 9.90. The zero-order valence-corrected chi connectivity index (χ0v) is 9.90. The fraction of sp³-hybridized carbons (Fsp3) is 0.364. The van der Waals surface area contributed by atoms with E-state index in [2.05, 4.69) is 0 Å². The first-order valence-electron chi connectivity index (χ1n) is 5.09. The molecule has 0 aliphatic carbocycles. The molecule has 2 N–H and O–H groups in total. The van der Waals surface area contributed by atoms with Crippen molar-refractivity contribution in [3.05, 3.63) is 29.6 Å². The Morgan fingerprint density at radius 3 is 2.41 bits per heavy atom. The van der Waals surface area contributed by atoms with Crippen LogP contribution in [0.15, 0.2) is 18.2 Å². The Kier molecular flexibility index (Phi) is 3.90. The maximum Gasteiger partial charge on any atom is 0.488 e. The summed E-state index contributed by atoms with van der Waals surface area (Å²) in [5.74, 6) is -1.60. The molecule has 0 unspecified atom stereocenters. The van der Waals surface area contributed by atoms with Crippen molar-refractivity contribution in [2.75, 3.05) is 0 Å². The lowest BCUT2D eigenvalue weighted by molar-refractivity contribution is 0.00648. The molecule has 1 aromatic carbocycles. The third kappa shape index (κ3) is 3.83. The van der Waals surface area contributed by atoms with E-state index < -0.39 is 24.5 Å². The van der Waals surface area contributed by atoms with Crippen molar-refractivity contribution in [1.29, 1.82) is 0 Å². The quantitative estimate of drug-likeness (QED) is 0.582. The van der Waals surface area contributed by atoms with E-state index in [9.17, 15) is 9.18 Å². The largest absolute Gasteiger partial charge is 0.488 e. The number of hydrogen-bond donors (Lipinski definition) is 2. The van der Waals surface area contributed by atoms with Gasteiger partial charge in [0.15, 0.2) is 0 Å². The number of carbonyl (C=O) groups excluding carboxylic acids is 1. The fourth-order valence-corrected chi connectivity index (χ4v) is 1.19. The van der Waals surface area contributed by atoms with Gasteiger partial charge < -0.3 is 14.8 Å². The van der Waals surface area contributed by atoms with Gasteiger partial charge in [-0.15, -0.1) is 0 Å². The average Bonchev–Trinajstić information content (AvgIpc) is 2.14. The Labute approximate surface area is 99.2 Å². The van der Waals surface area contributed by atoms with Crippen LogP contribution in [0.25, 0.3) is 0 Å². The molecule has 0 fully saturated rings. The second kappa shape index (κ2) is 4.85. The molecule has 0 saturated carbocycles. The predicted molar refractivity (Wildman–Crippen MR) is 61.4 cm³/mol. The first-order chi connectivity index (χ1) is 7.70. The maximum absolute atomic E-state index is 13.4. The van der Waals surface area contributed by atoms with Crippen molar-refractivity contribution in [1.82, 2.24) is 0 Å². The molecule has 17 heavy (non-hydrogen) atoms. The number of hydrogen-bond acceptors (Lipinski definition) is 4. The molecule has 0 saturated heterocycles. The molecule has 0 heterocycles. The Morgan fingerprint density at radius 1 is 1.35 bits per heavy atom. The Balaban J connectivity index is 3.04. The van der Waals surface area contributed by atoms with Gasteiger partial charge in [0.2, 0.25) is 0 Å². The molecule has 92 valence electrons. The van der Waals surface area contributed by atoms with Crippen LogP contribution in [-0.4, -0.2) is 28.7 Å². The Bertz CT molecular complexity index is 426. The maximum atomic E-state index is 13.4. The van der Waals surface area contributed by atoms with Crippen LogP contribution in [0.4, 0.5) is 4.39 Å². The van der Waals surface area contributed by atoms with Crippen molar-refractivity contribution in [2.24, 2.45) is 0 Å². The molecule has 0 amide bonds. The minimum absolute atomic E-state index is 0.0345. The number of ether oxygens (including phenoxy) is 1. The summed E-state index contributed by atoms with van der Waals surface area (Å²) >= 11 is 0. The molecule has 1 rings (SSSR count). The van der Waals surface area contributed by atoms with E-state index in [0.717, 1.165) is 12.1 Å². The van der Waals surface area contributed by atoms with Gasteiger partial charge in [0.1, 0.15) is 11.4 Å². The highest BCUT2D eigenvalue weighted by molar-refractivity contribution is 6.58. The molecule has 0 bridgehead atoms. The number of rotatable bonds is 2. The highest BCUT2D eigenvalue weighted by atomic mass is 19.1. The van der Waals surface area contributed by atoms with Crippen molar-refractivity contribution >= 4 is 18.6 Å². The lowest BCUT2D eigenvalue weighted by Gasteiger charge is -2.19. The minimum Gasteiger partial charge on any atom is -0.456 e. The molecular formula is C11H14BFO4. The van der Waals surface area contributed by atoms with Gasteiger partial charge in [-0.25, -0.2) is 9.18 Å². The van der Waals surface area contributed by atoms with Gasteiger partial charge in [0, 0.05) is 0 Å². The van der Waals surface area contributed by atoms with Crippen molar-refractivity contribution in [3.63, 3.8) is 0 Å². The van der Waals surface area contributed by atoms with Crippen molar-refractivity contribution in [3.8, 4) is 0 Å². The monoisotopic (exact) mass is 240 g/mol. The number of benzene rings is 1. The van der Waals surface area contributed by atoms with E-state index in [0.29, 0.717) is 0 Å². The summed E-state index contributed by atoms with van der Waals surface area (Å²) in [5, 5.41) is 17.9. The molecule has 4 nitrogen and oxygen atoms in total. The van der Waals surface area contributed by atoms with Gasteiger partial charge in [0.25, 0.3) is 0 Å². The van der Waals surface area contributed by atoms with E-state index in [4.69, 9.17) is 14.8 Å². The third-order valence-corrected chi connectivity index (χ3v) is 1.91. The molecule has 0 atom stereocenters. The minimum atomic E-state index is -1.75. The molecule has 0 aromatic heterocycles. The van der Waals surface area contributed by atoms with Crippen LogP contribution < -0.4 is 5.46 Å². The normalized spacial score (nSPS) is 11.2. The molecular weight excluding hydrogens is 226 g/mol. The summed E-state index contributed by atoms with van der Waals surface area (Å²) in [7, 11) is -1.75. The lowest BCUT2D eigenvalue weighted by atomic mass is 9.79. The summed E-state index contributed by atoms with van der Waals surface area (Å²) < 4.78 is 18.4. The number of carbonyl (C=O) groups is 1. The van der Waals surface area contributed by atoms with Crippen molar-refractivity contribution in [2.45, 2.75) is 26.4 Å².